The van der Waals surface area contributed by atoms with Gasteiger partial charge < -0.3 is 9.47 Å². The highest BCUT2D eigenvalue weighted by atomic mass is 16.6. The molecular weight excluding hydrogens is 336 g/mol. The maximum Gasteiger partial charge on any atom is 0.306 e. The van der Waals surface area contributed by atoms with E-state index >= 15 is 0 Å². The summed E-state index contributed by atoms with van der Waals surface area (Å²) in [7, 11) is 0. The first-order valence-electron chi connectivity index (χ1n) is 11.0. The highest BCUT2D eigenvalue weighted by Crippen LogP contribution is 2.38. The van der Waals surface area contributed by atoms with Crippen LogP contribution < -0.4 is 4.74 Å². The summed E-state index contributed by atoms with van der Waals surface area (Å²) in [5.74, 6) is 2.36. The zero-order chi connectivity index (χ0) is 19.5. The molecule has 3 heteroatoms. The Bertz CT molecular complexity index is 529. The summed E-state index contributed by atoms with van der Waals surface area (Å²) < 4.78 is 11.1. The minimum atomic E-state index is -0.216. The molecule has 1 saturated carbocycles. The SMILES string of the molecule is CCCCC[C@H]1CC[C@H](c2ccc(OCC(C)OC(=O)CCC)cc2)CC1. The Balaban J connectivity index is 1.71. The Kier molecular flexibility index (Phi) is 9.72. The Hall–Kier alpha value is -1.51. The summed E-state index contributed by atoms with van der Waals surface area (Å²) in [6.45, 7) is 6.53. The van der Waals surface area contributed by atoms with Crippen LogP contribution in [0.5, 0.6) is 5.75 Å². The third-order valence-electron chi connectivity index (χ3n) is 5.69. The summed E-state index contributed by atoms with van der Waals surface area (Å²) in [6, 6.07) is 8.54. The van der Waals surface area contributed by atoms with Crippen molar-refractivity contribution in [3.63, 3.8) is 0 Å². The molecule has 0 aromatic heterocycles. The predicted octanol–water partition coefficient (Wildman–Crippen LogP) is 6.65. The molecule has 152 valence electrons. The van der Waals surface area contributed by atoms with Crippen LogP contribution in [0, 0.1) is 5.92 Å². The van der Waals surface area contributed by atoms with Crippen LogP contribution in [-0.4, -0.2) is 18.7 Å². The van der Waals surface area contributed by atoms with Gasteiger partial charge in [0.1, 0.15) is 18.5 Å². The second-order valence-electron chi connectivity index (χ2n) is 8.14. The lowest BCUT2D eigenvalue weighted by atomic mass is 9.77. The second kappa shape index (κ2) is 12.0. The van der Waals surface area contributed by atoms with Crippen LogP contribution in [0.3, 0.4) is 0 Å². The van der Waals surface area contributed by atoms with Crippen molar-refractivity contribution in [1.82, 2.24) is 0 Å². The van der Waals surface area contributed by atoms with Gasteiger partial charge in [0.2, 0.25) is 0 Å². The van der Waals surface area contributed by atoms with Crippen LogP contribution in [-0.2, 0) is 9.53 Å². The molecule has 3 nitrogen and oxygen atoms in total. The van der Waals surface area contributed by atoms with Gasteiger partial charge in [-0.15, -0.1) is 0 Å². The molecule has 1 fully saturated rings. The quantitative estimate of drug-likeness (QED) is 0.321. The van der Waals surface area contributed by atoms with Crippen molar-refractivity contribution in [2.24, 2.45) is 5.92 Å². The average Bonchev–Trinajstić information content (AvgIpc) is 2.68. The molecule has 1 unspecified atom stereocenters. The van der Waals surface area contributed by atoms with E-state index in [-0.39, 0.29) is 12.1 Å². The fourth-order valence-electron chi connectivity index (χ4n) is 4.04. The van der Waals surface area contributed by atoms with Crippen molar-refractivity contribution in [1.29, 1.82) is 0 Å². The van der Waals surface area contributed by atoms with E-state index in [2.05, 4.69) is 31.2 Å². The largest absolute Gasteiger partial charge is 0.490 e. The topological polar surface area (TPSA) is 35.5 Å². The van der Waals surface area contributed by atoms with E-state index < -0.39 is 0 Å². The zero-order valence-electron chi connectivity index (χ0n) is 17.5. The molecule has 1 aliphatic carbocycles. The maximum atomic E-state index is 11.5. The van der Waals surface area contributed by atoms with Crippen LogP contribution in [0.1, 0.15) is 96.5 Å². The molecule has 0 amide bonds. The molecule has 0 bridgehead atoms. The molecular formula is C24H38O3. The van der Waals surface area contributed by atoms with Gasteiger partial charge in [0, 0.05) is 6.42 Å². The van der Waals surface area contributed by atoms with Crippen LogP contribution in [0.2, 0.25) is 0 Å². The number of carbonyl (C=O) groups is 1. The van der Waals surface area contributed by atoms with Crippen LogP contribution >= 0.6 is 0 Å². The van der Waals surface area contributed by atoms with Gasteiger partial charge in [0.15, 0.2) is 0 Å². The average molecular weight is 375 g/mol. The summed E-state index contributed by atoms with van der Waals surface area (Å²) in [5, 5.41) is 0. The Morgan fingerprint density at radius 2 is 1.74 bits per heavy atom. The van der Waals surface area contributed by atoms with Gasteiger partial charge in [-0.05, 0) is 68.6 Å². The Labute approximate surface area is 165 Å². The molecule has 27 heavy (non-hydrogen) atoms. The maximum absolute atomic E-state index is 11.5. The molecule has 0 spiro atoms. The minimum absolute atomic E-state index is 0.144. The summed E-state index contributed by atoms with van der Waals surface area (Å²) in [4.78, 5) is 11.5. The predicted molar refractivity (Wildman–Crippen MR) is 111 cm³/mol. The lowest BCUT2D eigenvalue weighted by Gasteiger charge is -2.29. The van der Waals surface area contributed by atoms with Gasteiger partial charge in [-0.2, -0.15) is 0 Å². The Morgan fingerprint density at radius 1 is 1.04 bits per heavy atom. The standard InChI is InChI=1S/C24H38O3/c1-4-6-7-9-20-10-12-21(13-11-20)22-14-16-23(17-15-22)26-18-19(3)27-24(25)8-5-2/h14-17,19-21H,4-13,18H2,1-3H3/t19?,20-,21-. The second-order valence-corrected chi connectivity index (χ2v) is 8.14. The van der Waals surface area contributed by atoms with Gasteiger partial charge in [-0.3, -0.25) is 4.79 Å². The first kappa shape index (κ1) is 21.8. The molecule has 1 aromatic rings. The molecule has 0 saturated heterocycles. The lowest BCUT2D eigenvalue weighted by Crippen LogP contribution is -2.21. The number of hydrogen-bond acceptors (Lipinski definition) is 3. The van der Waals surface area contributed by atoms with Gasteiger partial charge in [-0.1, -0.05) is 51.7 Å². The van der Waals surface area contributed by atoms with Crippen molar-refractivity contribution in [3.05, 3.63) is 29.8 Å². The molecule has 0 heterocycles. The normalized spacial score (nSPS) is 20.9. The molecule has 1 aliphatic rings. The number of rotatable bonds is 11. The highest BCUT2D eigenvalue weighted by Gasteiger charge is 2.22. The number of carbonyl (C=O) groups excluding carboxylic acids is 1. The van der Waals surface area contributed by atoms with E-state index in [0.29, 0.717) is 18.9 Å². The van der Waals surface area contributed by atoms with E-state index in [1.807, 2.05) is 13.8 Å². The van der Waals surface area contributed by atoms with E-state index in [0.717, 1.165) is 18.1 Å². The van der Waals surface area contributed by atoms with Crippen molar-refractivity contribution >= 4 is 5.97 Å². The van der Waals surface area contributed by atoms with Crippen molar-refractivity contribution < 1.29 is 14.3 Å². The first-order valence-corrected chi connectivity index (χ1v) is 11.0. The number of hydrogen-bond donors (Lipinski definition) is 0. The number of esters is 1. The van der Waals surface area contributed by atoms with Gasteiger partial charge >= 0.3 is 5.97 Å². The van der Waals surface area contributed by atoms with Crippen LogP contribution in [0.4, 0.5) is 0 Å². The smallest absolute Gasteiger partial charge is 0.306 e. The fourth-order valence-corrected chi connectivity index (χ4v) is 4.04. The van der Waals surface area contributed by atoms with E-state index in [1.165, 1.54) is 56.9 Å². The lowest BCUT2D eigenvalue weighted by molar-refractivity contribution is -0.149. The number of ether oxygens (including phenoxy) is 2. The van der Waals surface area contributed by atoms with E-state index in [9.17, 15) is 4.79 Å². The third-order valence-corrected chi connectivity index (χ3v) is 5.69. The zero-order valence-corrected chi connectivity index (χ0v) is 17.5. The van der Waals surface area contributed by atoms with Crippen LogP contribution in [0.15, 0.2) is 24.3 Å². The fraction of sp³-hybridized carbons (Fsp3) is 0.708. The van der Waals surface area contributed by atoms with Gasteiger partial charge in [0.25, 0.3) is 0 Å². The van der Waals surface area contributed by atoms with E-state index in [1.54, 1.807) is 0 Å². The summed E-state index contributed by atoms with van der Waals surface area (Å²) in [6.07, 6.45) is 12.0. The van der Waals surface area contributed by atoms with Gasteiger partial charge in [-0.25, -0.2) is 0 Å². The van der Waals surface area contributed by atoms with Crippen LogP contribution in [0.25, 0.3) is 0 Å². The molecule has 2 rings (SSSR count). The Morgan fingerprint density at radius 3 is 2.37 bits per heavy atom. The van der Waals surface area contributed by atoms with Gasteiger partial charge in [0.05, 0.1) is 0 Å². The molecule has 0 radical (unpaired) electrons. The number of benzene rings is 1. The molecule has 1 aromatic carbocycles. The van der Waals surface area contributed by atoms with Crippen molar-refractivity contribution in [3.8, 4) is 5.75 Å². The monoisotopic (exact) mass is 374 g/mol. The minimum Gasteiger partial charge on any atom is -0.490 e. The third kappa shape index (κ3) is 7.94. The van der Waals surface area contributed by atoms with Crippen molar-refractivity contribution in [2.75, 3.05) is 6.61 Å². The van der Waals surface area contributed by atoms with Crippen molar-refractivity contribution in [2.45, 2.75) is 97.0 Å². The molecule has 0 N–H and O–H groups in total. The summed E-state index contributed by atoms with van der Waals surface area (Å²) in [5.41, 5.74) is 1.44. The summed E-state index contributed by atoms with van der Waals surface area (Å²) >= 11 is 0. The first-order chi connectivity index (χ1) is 13.1. The van der Waals surface area contributed by atoms with E-state index in [4.69, 9.17) is 9.47 Å². The molecule has 1 atom stereocenters. The number of unbranched alkanes of at least 4 members (excludes halogenated alkanes) is 2. The highest BCUT2D eigenvalue weighted by molar-refractivity contribution is 5.69. The molecule has 0 aliphatic heterocycles.